The Morgan fingerprint density at radius 2 is 1.97 bits per heavy atom. The first kappa shape index (κ1) is 23.1. The highest BCUT2D eigenvalue weighted by Crippen LogP contribution is 2.35. The van der Waals surface area contributed by atoms with Crippen LogP contribution >= 0.6 is 12.2 Å². The van der Waals surface area contributed by atoms with Gasteiger partial charge in [-0.15, -0.1) is 0 Å². The zero-order valence-electron chi connectivity index (χ0n) is 17.4. The van der Waals surface area contributed by atoms with E-state index in [1.165, 1.54) is 18.2 Å². The van der Waals surface area contributed by atoms with Crippen LogP contribution < -0.4 is 14.8 Å². The Hall–Kier alpha value is -2.52. The molecule has 0 unspecified atom stereocenters. The van der Waals surface area contributed by atoms with Crippen LogP contribution in [0.25, 0.3) is 0 Å². The van der Waals surface area contributed by atoms with Crippen molar-refractivity contribution in [1.29, 1.82) is 0 Å². The van der Waals surface area contributed by atoms with Crippen LogP contribution in [0.2, 0.25) is 0 Å². The van der Waals surface area contributed by atoms with Crippen molar-refractivity contribution in [3.05, 3.63) is 53.6 Å². The molecule has 1 fully saturated rings. The molecule has 1 saturated heterocycles. The van der Waals surface area contributed by atoms with Crippen molar-refractivity contribution in [2.24, 2.45) is 0 Å². The van der Waals surface area contributed by atoms with Crippen LogP contribution in [0.3, 0.4) is 0 Å². The number of benzene rings is 2. The number of anilines is 1. The van der Waals surface area contributed by atoms with E-state index in [4.69, 9.17) is 26.4 Å². The molecule has 0 spiro atoms. The van der Waals surface area contributed by atoms with E-state index in [0.29, 0.717) is 31.2 Å². The molecule has 1 aliphatic heterocycles. The molecular weight excluding hydrogens is 429 g/mol. The molecule has 0 aliphatic carbocycles. The summed E-state index contributed by atoms with van der Waals surface area (Å²) in [6.45, 7) is 1.43. The van der Waals surface area contributed by atoms with Gasteiger partial charge in [-0.05, 0) is 55.4 Å². The normalized spacial score (nSPS) is 16.1. The van der Waals surface area contributed by atoms with Gasteiger partial charge in [-0.2, -0.15) is 13.2 Å². The van der Waals surface area contributed by atoms with Crippen molar-refractivity contribution in [1.82, 2.24) is 4.90 Å². The Bertz CT molecular complexity index is 902. The van der Waals surface area contributed by atoms with E-state index >= 15 is 0 Å². The quantitative estimate of drug-likeness (QED) is 0.587. The summed E-state index contributed by atoms with van der Waals surface area (Å²) in [4.78, 5) is 1.80. The number of nitrogens with zero attached hydrogens (tertiary/aromatic N) is 1. The lowest BCUT2D eigenvalue weighted by Gasteiger charge is -2.29. The molecule has 168 valence electrons. The highest BCUT2D eigenvalue weighted by atomic mass is 32.1. The maximum Gasteiger partial charge on any atom is 0.418 e. The smallest absolute Gasteiger partial charge is 0.418 e. The van der Waals surface area contributed by atoms with E-state index in [2.05, 4.69) is 5.32 Å². The number of halogens is 3. The monoisotopic (exact) mass is 454 g/mol. The van der Waals surface area contributed by atoms with E-state index in [-0.39, 0.29) is 16.9 Å². The third-order valence-electron chi connectivity index (χ3n) is 5.06. The molecular formula is C22H25F3N2O3S. The highest BCUT2D eigenvalue weighted by molar-refractivity contribution is 7.80. The minimum Gasteiger partial charge on any atom is -0.497 e. The van der Waals surface area contributed by atoms with Crippen LogP contribution in [0, 0.1) is 0 Å². The van der Waals surface area contributed by atoms with Crippen LogP contribution in [0.4, 0.5) is 18.9 Å². The van der Waals surface area contributed by atoms with Crippen molar-refractivity contribution in [3.63, 3.8) is 0 Å². The predicted molar refractivity (Wildman–Crippen MR) is 117 cm³/mol. The van der Waals surface area contributed by atoms with Crippen LogP contribution in [-0.4, -0.2) is 43.5 Å². The first-order chi connectivity index (χ1) is 14.8. The second kappa shape index (κ2) is 10.2. The van der Waals surface area contributed by atoms with Gasteiger partial charge in [0.25, 0.3) is 0 Å². The summed E-state index contributed by atoms with van der Waals surface area (Å²) in [5.41, 5.74) is -0.0589. The minimum absolute atomic E-state index is 0.0470. The molecule has 31 heavy (non-hydrogen) atoms. The molecule has 0 bridgehead atoms. The molecule has 1 aliphatic rings. The maximum absolute atomic E-state index is 13.4. The first-order valence-electron chi connectivity index (χ1n) is 9.86. The molecule has 1 atom stereocenters. The van der Waals surface area contributed by atoms with E-state index in [9.17, 15) is 13.2 Å². The van der Waals surface area contributed by atoms with Crippen molar-refractivity contribution in [3.8, 4) is 11.5 Å². The van der Waals surface area contributed by atoms with Crippen molar-refractivity contribution < 1.29 is 27.4 Å². The third kappa shape index (κ3) is 6.01. The van der Waals surface area contributed by atoms with Crippen LogP contribution in [-0.2, 0) is 17.5 Å². The number of para-hydroxylation sites is 1. The number of nitrogens with one attached hydrogen (secondary N) is 1. The van der Waals surface area contributed by atoms with Crippen molar-refractivity contribution >= 4 is 23.0 Å². The molecule has 1 N–H and O–H groups in total. The summed E-state index contributed by atoms with van der Waals surface area (Å²) in [6.07, 6.45) is -2.73. The van der Waals surface area contributed by atoms with Gasteiger partial charge in [0, 0.05) is 25.3 Å². The molecule has 2 aromatic carbocycles. The zero-order valence-corrected chi connectivity index (χ0v) is 18.2. The van der Waals surface area contributed by atoms with E-state index in [0.717, 1.165) is 24.5 Å². The summed E-state index contributed by atoms with van der Waals surface area (Å²) in [7, 11) is 3.13. The molecule has 1 heterocycles. The van der Waals surface area contributed by atoms with E-state index in [1.807, 2.05) is 6.07 Å². The lowest BCUT2D eigenvalue weighted by Crippen LogP contribution is -2.39. The largest absolute Gasteiger partial charge is 0.497 e. The zero-order chi connectivity index (χ0) is 22.4. The summed E-state index contributed by atoms with van der Waals surface area (Å²) in [5, 5.41) is 2.97. The SMILES string of the molecule is COc1ccc(OC)c(CN(C[C@@H]2CCCO2)C(=S)Nc2ccccc2C(F)(F)F)c1. The molecule has 2 aromatic rings. The van der Waals surface area contributed by atoms with Crippen LogP contribution in [0.5, 0.6) is 11.5 Å². The van der Waals surface area contributed by atoms with Gasteiger partial charge >= 0.3 is 6.18 Å². The van der Waals surface area contributed by atoms with Gasteiger partial charge in [-0.3, -0.25) is 0 Å². The highest BCUT2D eigenvalue weighted by Gasteiger charge is 2.33. The summed E-state index contributed by atoms with van der Waals surface area (Å²) in [6, 6.07) is 10.7. The summed E-state index contributed by atoms with van der Waals surface area (Å²) >= 11 is 5.53. The number of rotatable bonds is 7. The van der Waals surface area contributed by atoms with Crippen LogP contribution in [0.15, 0.2) is 42.5 Å². The van der Waals surface area contributed by atoms with Gasteiger partial charge in [-0.1, -0.05) is 12.1 Å². The summed E-state index contributed by atoms with van der Waals surface area (Å²) < 4.78 is 56.7. The Kier molecular flexibility index (Phi) is 7.61. The number of ether oxygens (including phenoxy) is 3. The van der Waals surface area contributed by atoms with Crippen molar-refractivity contribution in [2.75, 3.05) is 32.7 Å². The number of thiocarbonyl (C=S) groups is 1. The lowest BCUT2D eigenvalue weighted by atomic mass is 10.1. The van der Waals surface area contributed by atoms with Gasteiger partial charge < -0.3 is 24.4 Å². The topological polar surface area (TPSA) is 43.0 Å². The standard InChI is InChI=1S/C22H25F3N2O3S/c1-28-16-9-10-20(29-2)15(12-16)13-27(14-17-6-5-11-30-17)21(31)26-19-8-4-3-7-18(19)22(23,24)25/h3-4,7-10,12,17H,5-6,11,13-14H2,1-2H3,(H,26,31)/t17-/m0/s1. The Balaban J connectivity index is 1.87. The second-order valence-corrected chi connectivity index (χ2v) is 7.55. The Labute approximate surface area is 185 Å². The third-order valence-corrected chi connectivity index (χ3v) is 5.42. The molecule has 0 amide bonds. The fraction of sp³-hybridized carbons (Fsp3) is 0.409. The van der Waals surface area contributed by atoms with Gasteiger partial charge in [0.2, 0.25) is 0 Å². The average molecular weight is 455 g/mol. The fourth-order valence-electron chi connectivity index (χ4n) is 3.50. The molecule has 0 aromatic heterocycles. The molecule has 5 nitrogen and oxygen atoms in total. The fourth-order valence-corrected chi connectivity index (χ4v) is 3.75. The minimum atomic E-state index is -4.49. The molecule has 0 saturated carbocycles. The molecule has 9 heteroatoms. The number of methoxy groups -OCH3 is 2. The van der Waals surface area contributed by atoms with Crippen LogP contribution in [0.1, 0.15) is 24.0 Å². The number of hydrogen-bond acceptors (Lipinski definition) is 4. The number of alkyl halides is 3. The Morgan fingerprint density at radius 3 is 2.61 bits per heavy atom. The predicted octanol–water partition coefficient (Wildman–Crippen LogP) is 5.10. The molecule has 0 radical (unpaired) electrons. The second-order valence-electron chi connectivity index (χ2n) is 7.17. The van der Waals surface area contributed by atoms with E-state index < -0.39 is 11.7 Å². The summed E-state index contributed by atoms with van der Waals surface area (Å²) in [5.74, 6) is 1.28. The van der Waals surface area contributed by atoms with Gasteiger partial charge in [0.05, 0.1) is 31.6 Å². The van der Waals surface area contributed by atoms with Gasteiger partial charge in [0.15, 0.2) is 5.11 Å². The average Bonchev–Trinajstić information content (AvgIpc) is 3.26. The number of hydrogen-bond donors (Lipinski definition) is 1. The molecule has 3 rings (SSSR count). The first-order valence-corrected chi connectivity index (χ1v) is 10.3. The lowest BCUT2D eigenvalue weighted by molar-refractivity contribution is -0.136. The van der Waals surface area contributed by atoms with Crippen molar-refractivity contribution in [2.45, 2.75) is 31.7 Å². The van der Waals surface area contributed by atoms with Gasteiger partial charge in [0.1, 0.15) is 11.5 Å². The van der Waals surface area contributed by atoms with E-state index in [1.54, 1.807) is 31.3 Å². The van der Waals surface area contributed by atoms with Gasteiger partial charge in [-0.25, -0.2) is 0 Å². The Morgan fingerprint density at radius 1 is 1.19 bits per heavy atom. The maximum atomic E-state index is 13.4.